The molecule has 0 atom stereocenters. The molecule has 1 aliphatic heterocycles. The summed E-state index contributed by atoms with van der Waals surface area (Å²) in [7, 11) is 0. The third-order valence-corrected chi connectivity index (χ3v) is 5.02. The molecule has 4 nitrogen and oxygen atoms in total. The van der Waals surface area contributed by atoms with Crippen LogP contribution >= 0.6 is 24.0 Å². The number of esters is 1. The SMILES string of the molecule is CC(C)COC(=O)CN1C(=O)/C(=C\c2ccc(C(C)C)cc2)SC1=S. The van der Waals surface area contributed by atoms with Gasteiger partial charge in [-0.2, -0.15) is 0 Å². The fourth-order valence-electron chi connectivity index (χ4n) is 2.20. The predicted molar refractivity (Wildman–Crippen MR) is 106 cm³/mol. The molecule has 1 amide bonds. The zero-order chi connectivity index (χ0) is 18.6. The van der Waals surface area contributed by atoms with Gasteiger partial charge in [-0.1, -0.05) is 75.9 Å². The molecule has 0 aromatic heterocycles. The first-order chi connectivity index (χ1) is 11.8. The van der Waals surface area contributed by atoms with Gasteiger partial charge < -0.3 is 4.74 Å². The largest absolute Gasteiger partial charge is 0.464 e. The molecule has 0 aliphatic carbocycles. The van der Waals surface area contributed by atoms with Crippen LogP contribution in [0.1, 0.15) is 44.7 Å². The van der Waals surface area contributed by atoms with Crippen molar-refractivity contribution >= 4 is 46.3 Å². The molecule has 1 fully saturated rings. The Hall–Kier alpha value is -1.66. The first kappa shape index (κ1) is 19.7. The number of carbonyl (C=O) groups excluding carboxylic acids is 2. The Labute approximate surface area is 158 Å². The van der Waals surface area contributed by atoms with Gasteiger partial charge in [-0.25, -0.2) is 0 Å². The lowest BCUT2D eigenvalue weighted by molar-refractivity contribution is -0.147. The van der Waals surface area contributed by atoms with Gasteiger partial charge in [0.25, 0.3) is 5.91 Å². The van der Waals surface area contributed by atoms with Crippen molar-refractivity contribution in [2.75, 3.05) is 13.2 Å². The second kappa shape index (κ2) is 8.63. The van der Waals surface area contributed by atoms with Gasteiger partial charge in [-0.3, -0.25) is 14.5 Å². The minimum atomic E-state index is -0.437. The van der Waals surface area contributed by atoms with E-state index < -0.39 is 5.97 Å². The summed E-state index contributed by atoms with van der Waals surface area (Å²) in [6, 6.07) is 8.08. The molecule has 25 heavy (non-hydrogen) atoms. The van der Waals surface area contributed by atoms with Crippen LogP contribution in [0.5, 0.6) is 0 Å². The molecular formula is C19H23NO3S2. The van der Waals surface area contributed by atoms with Crippen LogP contribution in [0, 0.1) is 5.92 Å². The number of hydrogen-bond acceptors (Lipinski definition) is 5. The third-order valence-electron chi connectivity index (χ3n) is 3.64. The van der Waals surface area contributed by atoms with E-state index in [1.807, 2.05) is 32.1 Å². The van der Waals surface area contributed by atoms with Gasteiger partial charge in [-0.15, -0.1) is 0 Å². The molecule has 0 N–H and O–H groups in total. The minimum Gasteiger partial charge on any atom is -0.464 e. The molecule has 1 aromatic carbocycles. The second-order valence-electron chi connectivity index (χ2n) is 6.67. The van der Waals surface area contributed by atoms with E-state index in [4.69, 9.17) is 17.0 Å². The zero-order valence-corrected chi connectivity index (χ0v) is 16.6. The highest BCUT2D eigenvalue weighted by atomic mass is 32.2. The molecule has 0 bridgehead atoms. The Kier molecular flexibility index (Phi) is 6.79. The molecule has 1 aliphatic rings. The molecule has 0 radical (unpaired) electrons. The lowest BCUT2D eigenvalue weighted by Crippen LogP contribution is -2.34. The highest BCUT2D eigenvalue weighted by Crippen LogP contribution is 2.32. The molecule has 0 spiro atoms. The summed E-state index contributed by atoms with van der Waals surface area (Å²) in [5.74, 6) is 0.0323. The predicted octanol–water partition coefficient (Wildman–Crippen LogP) is 4.21. The average Bonchev–Trinajstić information content (AvgIpc) is 2.81. The molecule has 2 rings (SSSR count). The normalized spacial score (nSPS) is 16.4. The van der Waals surface area contributed by atoms with E-state index in [0.717, 1.165) is 5.56 Å². The monoisotopic (exact) mass is 377 g/mol. The van der Waals surface area contributed by atoms with Crippen LogP contribution in [0.4, 0.5) is 0 Å². The summed E-state index contributed by atoms with van der Waals surface area (Å²) in [6.45, 7) is 8.39. The van der Waals surface area contributed by atoms with Crippen LogP contribution in [0.15, 0.2) is 29.2 Å². The molecule has 0 unspecified atom stereocenters. The van der Waals surface area contributed by atoms with Crippen molar-refractivity contribution in [3.63, 3.8) is 0 Å². The zero-order valence-electron chi connectivity index (χ0n) is 14.9. The van der Waals surface area contributed by atoms with Gasteiger partial charge in [0.1, 0.15) is 10.9 Å². The van der Waals surface area contributed by atoms with Crippen LogP contribution in [0.3, 0.4) is 0 Å². The summed E-state index contributed by atoms with van der Waals surface area (Å²) >= 11 is 6.45. The van der Waals surface area contributed by atoms with Crippen molar-refractivity contribution in [3.05, 3.63) is 40.3 Å². The maximum Gasteiger partial charge on any atom is 0.326 e. The molecule has 1 heterocycles. The highest BCUT2D eigenvalue weighted by molar-refractivity contribution is 8.26. The smallest absolute Gasteiger partial charge is 0.326 e. The number of ether oxygens (including phenoxy) is 1. The molecule has 0 saturated carbocycles. The van der Waals surface area contributed by atoms with Gasteiger partial charge >= 0.3 is 5.97 Å². The summed E-state index contributed by atoms with van der Waals surface area (Å²) in [6.07, 6.45) is 1.81. The topological polar surface area (TPSA) is 46.6 Å². The first-order valence-corrected chi connectivity index (χ1v) is 9.51. The Morgan fingerprint density at radius 1 is 1.24 bits per heavy atom. The Bertz CT molecular complexity index is 693. The van der Waals surface area contributed by atoms with Gasteiger partial charge in [-0.05, 0) is 29.0 Å². The number of nitrogens with zero attached hydrogens (tertiary/aromatic N) is 1. The van der Waals surface area contributed by atoms with E-state index in [2.05, 4.69) is 26.0 Å². The van der Waals surface area contributed by atoms with Crippen molar-refractivity contribution < 1.29 is 14.3 Å². The number of benzene rings is 1. The number of rotatable bonds is 6. The fourth-order valence-corrected chi connectivity index (χ4v) is 3.45. The van der Waals surface area contributed by atoms with Crippen molar-refractivity contribution in [1.82, 2.24) is 4.90 Å². The van der Waals surface area contributed by atoms with Gasteiger partial charge in [0.05, 0.1) is 11.5 Å². The summed E-state index contributed by atoms with van der Waals surface area (Å²) in [5.41, 5.74) is 2.19. The fraction of sp³-hybridized carbons (Fsp3) is 0.421. The third kappa shape index (κ3) is 5.41. The molecule has 1 aromatic rings. The van der Waals surface area contributed by atoms with Crippen molar-refractivity contribution in [2.45, 2.75) is 33.6 Å². The summed E-state index contributed by atoms with van der Waals surface area (Å²) in [5, 5.41) is 0. The lowest BCUT2D eigenvalue weighted by atomic mass is 10.0. The number of thiocarbonyl (C=S) groups is 1. The van der Waals surface area contributed by atoms with Crippen LogP contribution in [0.2, 0.25) is 0 Å². The lowest BCUT2D eigenvalue weighted by Gasteiger charge is -2.14. The molecular weight excluding hydrogens is 354 g/mol. The summed E-state index contributed by atoms with van der Waals surface area (Å²) < 4.78 is 5.52. The molecule has 1 saturated heterocycles. The van der Waals surface area contributed by atoms with Gasteiger partial charge in [0.15, 0.2) is 0 Å². The maximum absolute atomic E-state index is 12.5. The van der Waals surface area contributed by atoms with Gasteiger partial charge in [0.2, 0.25) is 0 Å². The van der Waals surface area contributed by atoms with E-state index in [9.17, 15) is 9.59 Å². The Morgan fingerprint density at radius 2 is 1.88 bits per heavy atom. The van der Waals surface area contributed by atoms with E-state index in [1.165, 1.54) is 22.2 Å². The maximum atomic E-state index is 12.5. The molecule has 134 valence electrons. The second-order valence-corrected chi connectivity index (χ2v) is 8.34. The Morgan fingerprint density at radius 3 is 2.44 bits per heavy atom. The first-order valence-electron chi connectivity index (χ1n) is 8.29. The van der Waals surface area contributed by atoms with E-state index >= 15 is 0 Å². The van der Waals surface area contributed by atoms with Crippen molar-refractivity contribution in [2.24, 2.45) is 5.92 Å². The quantitative estimate of drug-likeness (QED) is 0.422. The van der Waals surface area contributed by atoms with Crippen LogP contribution in [-0.4, -0.2) is 34.2 Å². The van der Waals surface area contributed by atoms with Crippen LogP contribution < -0.4 is 0 Å². The van der Waals surface area contributed by atoms with Crippen molar-refractivity contribution in [1.29, 1.82) is 0 Å². The summed E-state index contributed by atoms with van der Waals surface area (Å²) in [4.78, 5) is 26.2. The Balaban J connectivity index is 2.05. The number of carbonyl (C=O) groups is 2. The number of hydrogen-bond donors (Lipinski definition) is 0. The minimum absolute atomic E-state index is 0.138. The molecule has 6 heteroatoms. The van der Waals surface area contributed by atoms with Gasteiger partial charge in [0, 0.05) is 0 Å². The van der Waals surface area contributed by atoms with E-state index in [0.29, 0.717) is 21.8 Å². The standard InChI is InChI=1S/C19H23NO3S2/c1-12(2)11-23-17(21)10-20-18(22)16(25-19(20)24)9-14-5-7-15(8-6-14)13(3)4/h5-9,12-13H,10-11H2,1-4H3/b16-9+. The highest BCUT2D eigenvalue weighted by Gasteiger charge is 2.33. The number of amides is 1. The number of thioether (sulfide) groups is 1. The van der Waals surface area contributed by atoms with E-state index in [1.54, 1.807) is 0 Å². The van der Waals surface area contributed by atoms with Crippen LogP contribution in [-0.2, 0) is 14.3 Å². The van der Waals surface area contributed by atoms with Crippen LogP contribution in [0.25, 0.3) is 6.08 Å². The average molecular weight is 378 g/mol. The van der Waals surface area contributed by atoms with Crippen molar-refractivity contribution in [3.8, 4) is 0 Å². The van der Waals surface area contributed by atoms with E-state index in [-0.39, 0.29) is 18.4 Å².